The molecule has 1 saturated heterocycles. The van der Waals surface area contributed by atoms with Gasteiger partial charge in [-0.1, -0.05) is 38.5 Å². The Morgan fingerprint density at radius 2 is 1.46 bits per heavy atom. The Bertz CT molecular complexity index is 1870. The first-order valence-corrected chi connectivity index (χ1v) is 17.0. The van der Waals surface area contributed by atoms with Gasteiger partial charge in [-0.25, -0.2) is 8.78 Å². The molecule has 284 valence electrons. The minimum absolute atomic E-state index is 0.0319. The van der Waals surface area contributed by atoms with E-state index in [4.69, 9.17) is 0 Å². The number of carbonyl (C=O) groups is 2. The van der Waals surface area contributed by atoms with Gasteiger partial charge in [-0.05, 0) is 73.8 Å². The number of carboxylic acids is 1. The summed E-state index contributed by atoms with van der Waals surface area (Å²) < 4.78 is 118. The highest BCUT2D eigenvalue weighted by Crippen LogP contribution is 2.44. The molecule has 1 aliphatic heterocycles. The van der Waals surface area contributed by atoms with E-state index in [9.17, 15) is 45.8 Å². The smallest absolute Gasteiger partial charge is 0.419 e. The Hall–Kier alpha value is -4.07. The van der Waals surface area contributed by atoms with Crippen LogP contribution in [0.3, 0.4) is 0 Å². The van der Waals surface area contributed by atoms with Crippen LogP contribution in [0.15, 0.2) is 35.3 Å². The number of ketones is 1. The molecule has 1 aromatic heterocycles. The number of rotatable bonds is 13. The molecule has 4 rings (SSSR count). The number of halogens is 8. The molecule has 2 heterocycles. The van der Waals surface area contributed by atoms with Gasteiger partial charge in [0, 0.05) is 55.4 Å². The molecule has 0 spiro atoms. The minimum atomic E-state index is -5.34. The lowest BCUT2D eigenvalue weighted by Crippen LogP contribution is -2.46. The predicted octanol–water partition coefficient (Wildman–Crippen LogP) is 9.06. The summed E-state index contributed by atoms with van der Waals surface area (Å²) in [6.07, 6.45) is -11.8. The van der Waals surface area contributed by atoms with Crippen LogP contribution < -0.4 is 5.56 Å². The zero-order chi connectivity index (χ0) is 39.0. The van der Waals surface area contributed by atoms with Crippen molar-refractivity contribution in [3.63, 3.8) is 0 Å². The third-order valence-corrected chi connectivity index (χ3v) is 9.47. The van der Waals surface area contributed by atoms with Crippen molar-refractivity contribution in [1.82, 2.24) is 9.47 Å². The number of hydrogen-bond donors (Lipinski definition) is 1. The molecule has 0 amide bonds. The molecule has 1 unspecified atom stereocenters. The molecule has 1 fully saturated rings. The Morgan fingerprint density at radius 3 is 1.96 bits per heavy atom. The van der Waals surface area contributed by atoms with Gasteiger partial charge in [-0.3, -0.25) is 14.4 Å². The van der Waals surface area contributed by atoms with Gasteiger partial charge in [0.2, 0.25) is 0 Å². The fraction of sp³-hybridized carbons (Fsp3) is 0.500. The molecule has 0 radical (unpaired) electrons. The fourth-order valence-electron chi connectivity index (χ4n) is 7.31. The number of carboxylic acid groups (broad SMARTS) is 1. The fourth-order valence-corrected chi connectivity index (χ4v) is 7.31. The molecular formula is C38H42F8N2O4. The number of carbonyl (C=O) groups excluding carboxylic acids is 1. The van der Waals surface area contributed by atoms with E-state index in [1.54, 1.807) is 32.9 Å². The molecule has 2 atom stereocenters. The molecule has 0 saturated carbocycles. The highest BCUT2D eigenvalue weighted by Gasteiger charge is 2.41. The van der Waals surface area contributed by atoms with Gasteiger partial charge in [-0.15, -0.1) is 0 Å². The number of nitrogens with zero attached hydrogens (tertiary/aromatic N) is 2. The molecule has 1 N–H and O–H groups in total. The quantitative estimate of drug-likeness (QED) is 0.177. The zero-order valence-electron chi connectivity index (χ0n) is 29.7. The first kappa shape index (κ1) is 40.7. The van der Waals surface area contributed by atoms with Gasteiger partial charge in [0.15, 0.2) is 5.78 Å². The van der Waals surface area contributed by atoms with Crippen LogP contribution in [0.2, 0.25) is 0 Å². The summed E-state index contributed by atoms with van der Waals surface area (Å²) in [6, 6.07) is 2.37. The number of alkyl halides is 6. The van der Waals surface area contributed by atoms with E-state index in [-0.39, 0.29) is 36.4 Å². The minimum Gasteiger partial charge on any atom is -0.481 e. The van der Waals surface area contributed by atoms with E-state index in [0.29, 0.717) is 42.3 Å². The molecule has 0 bridgehead atoms. The first-order chi connectivity index (χ1) is 24.0. The summed E-state index contributed by atoms with van der Waals surface area (Å²) in [5, 5.41) is 9.76. The van der Waals surface area contributed by atoms with Crippen LogP contribution in [0.25, 0.3) is 11.1 Å². The molecule has 6 nitrogen and oxygen atoms in total. The summed E-state index contributed by atoms with van der Waals surface area (Å²) in [6.45, 7) is 11.7. The maximum Gasteiger partial charge on any atom is 0.419 e. The lowest BCUT2D eigenvalue weighted by molar-refractivity contribution is -0.140. The van der Waals surface area contributed by atoms with Crippen molar-refractivity contribution in [2.45, 2.75) is 91.5 Å². The molecule has 2 aromatic carbocycles. The van der Waals surface area contributed by atoms with E-state index in [0.717, 1.165) is 16.3 Å². The van der Waals surface area contributed by atoms with Crippen molar-refractivity contribution < 1.29 is 49.8 Å². The average Bonchev–Trinajstić information content (AvgIpc) is 2.97. The van der Waals surface area contributed by atoms with Crippen LogP contribution in [0.5, 0.6) is 0 Å². The van der Waals surface area contributed by atoms with Crippen LogP contribution >= 0.6 is 0 Å². The van der Waals surface area contributed by atoms with E-state index in [2.05, 4.69) is 0 Å². The zero-order valence-corrected chi connectivity index (χ0v) is 29.7. The first-order valence-electron chi connectivity index (χ1n) is 17.0. The second-order valence-electron chi connectivity index (χ2n) is 14.5. The number of aromatic nitrogens is 1. The number of aryl methyl sites for hydroxylation is 3. The topological polar surface area (TPSA) is 79.6 Å². The SMILES string of the molecule is Cc1cc(C)c(-c2cc(C(F)(F)F)c(F)c([C@H](CC(=O)O)CC(=O)C(CC(C)C)n3cc(CCN4CC(C)C4)c(C(F)(F)F)cc3=O)c2F)c(C)c1. The summed E-state index contributed by atoms with van der Waals surface area (Å²) >= 11 is 0. The van der Waals surface area contributed by atoms with Crippen LogP contribution in [0, 0.1) is 44.2 Å². The van der Waals surface area contributed by atoms with Crippen LogP contribution in [0.4, 0.5) is 35.1 Å². The summed E-state index contributed by atoms with van der Waals surface area (Å²) in [5.74, 6) is -8.19. The second-order valence-corrected chi connectivity index (χ2v) is 14.5. The standard InChI is InChI=1S/C38H42F8N2O4/c1-19(2)9-29(48-18-24(7-8-47-16-21(4)17-47)27(15-31(48)50)37(41,42)43)30(49)12-25(13-32(51)52)34-35(39)26(14-28(36(34)40)38(44,45)46)33-22(5)10-20(3)11-23(33)6/h10-11,14-15,18-19,21,25,29H,7-9,12-13,16-17H2,1-6H3,(H,51,52)/t25-,29?/m0/s1. The van der Waals surface area contributed by atoms with Crippen molar-refractivity contribution >= 4 is 11.8 Å². The van der Waals surface area contributed by atoms with Gasteiger partial charge in [-0.2, -0.15) is 26.3 Å². The predicted molar refractivity (Wildman–Crippen MR) is 179 cm³/mol. The number of pyridine rings is 1. The number of aliphatic carboxylic acids is 1. The molecule has 1 aliphatic rings. The Labute approximate surface area is 296 Å². The molecule has 3 aromatic rings. The number of hydrogen-bond acceptors (Lipinski definition) is 4. The highest BCUT2D eigenvalue weighted by atomic mass is 19.4. The highest BCUT2D eigenvalue weighted by molar-refractivity contribution is 5.84. The number of benzene rings is 2. The van der Waals surface area contributed by atoms with Gasteiger partial charge in [0.25, 0.3) is 5.56 Å². The van der Waals surface area contributed by atoms with Gasteiger partial charge < -0.3 is 14.6 Å². The number of Topliss-reactive ketones (excluding diaryl/α,β-unsaturated/α-hetero) is 1. The van der Waals surface area contributed by atoms with Crippen molar-refractivity contribution in [3.8, 4) is 11.1 Å². The lowest BCUT2D eigenvalue weighted by atomic mass is 9.82. The maximum atomic E-state index is 16.5. The van der Waals surface area contributed by atoms with Crippen molar-refractivity contribution in [2.24, 2.45) is 11.8 Å². The third-order valence-electron chi connectivity index (χ3n) is 9.47. The van der Waals surface area contributed by atoms with Gasteiger partial charge in [0.05, 0.1) is 23.6 Å². The molecule has 14 heteroatoms. The van der Waals surface area contributed by atoms with E-state index in [1.807, 2.05) is 11.8 Å². The summed E-state index contributed by atoms with van der Waals surface area (Å²) in [4.78, 5) is 41.3. The van der Waals surface area contributed by atoms with E-state index < -0.39 is 88.4 Å². The van der Waals surface area contributed by atoms with E-state index >= 15 is 8.78 Å². The maximum absolute atomic E-state index is 16.5. The molecule has 0 aliphatic carbocycles. The Morgan fingerprint density at radius 1 is 0.885 bits per heavy atom. The monoisotopic (exact) mass is 742 g/mol. The summed E-state index contributed by atoms with van der Waals surface area (Å²) in [5.41, 5.74) is -4.90. The third kappa shape index (κ3) is 9.10. The van der Waals surface area contributed by atoms with Crippen LogP contribution in [-0.2, 0) is 28.4 Å². The second kappa shape index (κ2) is 15.5. The Balaban J connectivity index is 1.87. The van der Waals surface area contributed by atoms with E-state index in [1.165, 1.54) is 13.8 Å². The van der Waals surface area contributed by atoms with Crippen molar-refractivity contribution in [3.05, 3.63) is 91.4 Å². The van der Waals surface area contributed by atoms with Crippen molar-refractivity contribution in [2.75, 3.05) is 19.6 Å². The average molecular weight is 743 g/mol. The Kier molecular flexibility index (Phi) is 12.1. The largest absolute Gasteiger partial charge is 0.481 e. The van der Waals surface area contributed by atoms with Crippen molar-refractivity contribution in [1.29, 1.82) is 0 Å². The molecule has 52 heavy (non-hydrogen) atoms. The molecular weight excluding hydrogens is 700 g/mol. The number of likely N-dealkylation sites (tertiary alicyclic amines) is 1. The lowest BCUT2D eigenvalue weighted by Gasteiger charge is -2.37. The van der Waals surface area contributed by atoms with Crippen LogP contribution in [-0.4, -0.2) is 46.0 Å². The van der Waals surface area contributed by atoms with Gasteiger partial charge >= 0.3 is 18.3 Å². The van der Waals surface area contributed by atoms with Gasteiger partial charge in [0.1, 0.15) is 11.6 Å². The normalized spacial score (nSPS) is 15.5. The summed E-state index contributed by atoms with van der Waals surface area (Å²) in [7, 11) is 0. The van der Waals surface area contributed by atoms with Crippen LogP contribution in [0.1, 0.15) is 90.9 Å².